The molecule has 1 aromatic heterocycles. The fourth-order valence-corrected chi connectivity index (χ4v) is 3.22. The second-order valence-electron chi connectivity index (χ2n) is 4.48. The molecular weight excluding hydrogens is 230 g/mol. The highest BCUT2D eigenvalue weighted by atomic mass is 32.2. The maximum absolute atomic E-state index is 9.00. The molecule has 2 unspecified atom stereocenters. The van der Waals surface area contributed by atoms with Crippen molar-refractivity contribution >= 4 is 17.6 Å². The van der Waals surface area contributed by atoms with Gasteiger partial charge in [-0.05, 0) is 26.0 Å². The van der Waals surface area contributed by atoms with Gasteiger partial charge in [0, 0.05) is 29.3 Å². The predicted molar refractivity (Wildman–Crippen MR) is 72.4 cm³/mol. The second kappa shape index (κ2) is 4.97. The Bertz CT molecular complexity index is 452. The smallest absolute Gasteiger partial charge is 0.130 e. The second-order valence-corrected chi connectivity index (χ2v) is 5.96. The fraction of sp³-hybridized carbons (Fsp3) is 0.538. The zero-order valence-electron chi connectivity index (χ0n) is 10.5. The van der Waals surface area contributed by atoms with Crippen LogP contribution < -0.4 is 4.90 Å². The first kappa shape index (κ1) is 12.3. The molecule has 4 heteroatoms. The molecule has 90 valence electrons. The van der Waals surface area contributed by atoms with Crippen molar-refractivity contribution in [3.63, 3.8) is 0 Å². The summed E-state index contributed by atoms with van der Waals surface area (Å²) in [7, 11) is 0. The van der Waals surface area contributed by atoms with Crippen molar-refractivity contribution in [3.8, 4) is 6.07 Å². The number of aromatic nitrogens is 1. The lowest BCUT2D eigenvalue weighted by Crippen LogP contribution is -2.45. The lowest BCUT2D eigenvalue weighted by Gasteiger charge is -2.38. The Labute approximate surface area is 107 Å². The minimum Gasteiger partial charge on any atom is -0.352 e. The summed E-state index contributed by atoms with van der Waals surface area (Å²) in [6.07, 6.45) is 0. The van der Waals surface area contributed by atoms with Crippen LogP contribution in [0.1, 0.15) is 25.1 Å². The van der Waals surface area contributed by atoms with Crippen LogP contribution in [0.3, 0.4) is 0 Å². The normalized spacial score (nSPS) is 24.5. The topological polar surface area (TPSA) is 39.9 Å². The van der Waals surface area contributed by atoms with Crippen molar-refractivity contribution in [3.05, 3.63) is 23.4 Å². The van der Waals surface area contributed by atoms with E-state index in [0.717, 1.165) is 23.8 Å². The maximum Gasteiger partial charge on any atom is 0.130 e. The van der Waals surface area contributed by atoms with Gasteiger partial charge in [0.2, 0.25) is 0 Å². The van der Waals surface area contributed by atoms with Crippen LogP contribution in [-0.2, 0) is 0 Å². The van der Waals surface area contributed by atoms with Crippen LogP contribution >= 0.6 is 11.8 Å². The molecule has 0 spiro atoms. The number of hydrogen-bond donors (Lipinski definition) is 0. The van der Waals surface area contributed by atoms with Gasteiger partial charge in [0.1, 0.15) is 5.82 Å². The van der Waals surface area contributed by atoms with E-state index in [1.54, 1.807) is 0 Å². The highest BCUT2D eigenvalue weighted by molar-refractivity contribution is 8.00. The Kier molecular flexibility index (Phi) is 3.58. The van der Waals surface area contributed by atoms with Gasteiger partial charge < -0.3 is 4.90 Å². The Balaban J connectivity index is 2.33. The standard InChI is InChI=1S/C13H17N3S/c1-9-6-12(8-14)7-13(15-9)16-4-5-17-11(3)10(16)2/h6-7,10-11H,4-5H2,1-3H3. The molecule has 2 heterocycles. The van der Waals surface area contributed by atoms with E-state index in [9.17, 15) is 0 Å². The molecule has 1 aliphatic rings. The molecule has 0 amide bonds. The van der Waals surface area contributed by atoms with Crippen LogP contribution in [0.2, 0.25) is 0 Å². The van der Waals surface area contributed by atoms with Crippen LogP contribution in [0.25, 0.3) is 0 Å². The first-order valence-electron chi connectivity index (χ1n) is 5.89. The van der Waals surface area contributed by atoms with Crippen LogP contribution in [0.4, 0.5) is 5.82 Å². The molecule has 0 aromatic carbocycles. The highest BCUT2D eigenvalue weighted by Crippen LogP contribution is 2.28. The molecule has 0 bridgehead atoms. The lowest BCUT2D eigenvalue weighted by atomic mass is 10.2. The molecule has 1 saturated heterocycles. The molecular formula is C13H17N3S. The molecule has 1 fully saturated rings. The quantitative estimate of drug-likeness (QED) is 0.764. The van der Waals surface area contributed by atoms with E-state index in [1.165, 1.54) is 0 Å². The van der Waals surface area contributed by atoms with Crippen molar-refractivity contribution in [1.82, 2.24) is 4.98 Å². The van der Waals surface area contributed by atoms with Gasteiger partial charge in [-0.25, -0.2) is 4.98 Å². The Morgan fingerprint density at radius 1 is 1.47 bits per heavy atom. The minimum atomic E-state index is 0.467. The minimum absolute atomic E-state index is 0.467. The SMILES string of the molecule is Cc1cc(C#N)cc(N2CCSC(C)C2C)n1. The van der Waals surface area contributed by atoms with E-state index in [-0.39, 0.29) is 0 Å². The first-order valence-corrected chi connectivity index (χ1v) is 6.93. The van der Waals surface area contributed by atoms with Gasteiger partial charge in [-0.3, -0.25) is 0 Å². The molecule has 1 aromatic rings. The summed E-state index contributed by atoms with van der Waals surface area (Å²) < 4.78 is 0. The monoisotopic (exact) mass is 247 g/mol. The lowest BCUT2D eigenvalue weighted by molar-refractivity contribution is 0.619. The fourth-order valence-electron chi connectivity index (χ4n) is 2.12. The van der Waals surface area contributed by atoms with Crippen molar-refractivity contribution in [2.24, 2.45) is 0 Å². The summed E-state index contributed by atoms with van der Waals surface area (Å²) in [5, 5.41) is 9.61. The van der Waals surface area contributed by atoms with Crippen molar-refractivity contribution in [1.29, 1.82) is 5.26 Å². The van der Waals surface area contributed by atoms with Crippen LogP contribution in [0.5, 0.6) is 0 Å². The summed E-state index contributed by atoms with van der Waals surface area (Å²) in [4.78, 5) is 6.87. The van der Waals surface area contributed by atoms with E-state index >= 15 is 0 Å². The number of rotatable bonds is 1. The Morgan fingerprint density at radius 3 is 2.94 bits per heavy atom. The zero-order valence-corrected chi connectivity index (χ0v) is 11.3. The predicted octanol–water partition coefficient (Wildman–Crippen LogP) is 2.59. The third kappa shape index (κ3) is 2.55. The van der Waals surface area contributed by atoms with Gasteiger partial charge in [0.25, 0.3) is 0 Å². The molecule has 0 radical (unpaired) electrons. The number of aryl methyl sites for hydroxylation is 1. The largest absolute Gasteiger partial charge is 0.352 e. The summed E-state index contributed by atoms with van der Waals surface area (Å²) in [5.74, 6) is 2.07. The molecule has 0 saturated carbocycles. The van der Waals surface area contributed by atoms with Gasteiger partial charge in [-0.2, -0.15) is 17.0 Å². The number of nitrogens with zero attached hydrogens (tertiary/aromatic N) is 3. The summed E-state index contributed by atoms with van der Waals surface area (Å²) in [6, 6.07) is 6.39. The van der Waals surface area contributed by atoms with E-state index in [1.807, 2.05) is 30.8 Å². The summed E-state index contributed by atoms with van der Waals surface area (Å²) in [5.41, 5.74) is 1.61. The summed E-state index contributed by atoms with van der Waals surface area (Å²) >= 11 is 2.00. The average molecular weight is 247 g/mol. The van der Waals surface area contributed by atoms with Crippen molar-refractivity contribution in [2.75, 3.05) is 17.2 Å². The highest BCUT2D eigenvalue weighted by Gasteiger charge is 2.26. The molecule has 3 nitrogen and oxygen atoms in total. The molecule has 0 aliphatic carbocycles. The van der Waals surface area contributed by atoms with E-state index in [0.29, 0.717) is 16.9 Å². The maximum atomic E-state index is 9.00. The number of hydrogen-bond acceptors (Lipinski definition) is 4. The van der Waals surface area contributed by atoms with Crippen molar-refractivity contribution < 1.29 is 0 Å². The van der Waals surface area contributed by atoms with Gasteiger partial charge in [-0.1, -0.05) is 6.92 Å². The van der Waals surface area contributed by atoms with Crippen molar-refractivity contribution in [2.45, 2.75) is 32.1 Å². The number of pyridine rings is 1. The van der Waals surface area contributed by atoms with Gasteiger partial charge in [0.15, 0.2) is 0 Å². The molecule has 2 rings (SSSR count). The first-order chi connectivity index (χ1) is 8.11. The van der Waals surface area contributed by atoms with Crippen LogP contribution in [0, 0.1) is 18.3 Å². The zero-order chi connectivity index (χ0) is 12.4. The third-order valence-corrected chi connectivity index (χ3v) is 4.59. The average Bonchev–Trinajstić information content (AvgIpc) is 2.31. The third-order valence-electron chi connectivity index (χ3n) is 3.25. The molecule has 17 heavy (non-hydrogen) atoms. The number of thioether (sulfide) groups is 1. The van der Waals surface area contributed by atoms with E-state index in [4.69, 9.17) is 5.26 Å². The summed E-state index contributed by atoms with van der Waals surface area (Å²) in [6.45, 7) is 7.43. The number of nitriles is 1. The Morgan fingerprint density at radius 2 is 2.24 bits per heavy atom. The van der Waals surface area contributed by atoms with Gasteiger partial charge >= 0.3 is 0 Å². The number of anilines is 1. The van der Waals surface area contributed by atoms with E-state index in [2.05, 4.69) is 29.8 Å². The Hall–Kier alpha value is -1.21. The molecule has 1 aliphatic heterocycles. The van der Waals surface area contributed by atoms with Gasteiger partial charge in [0.05, 0.1) is 11.6 Å². The molecule has 0 N–H and O–H groups in total. The van der Waals surface area contributed by atoms with Gasteiger partial charge in [-0.15, -0.1) is 0 Å². The van der Waals surface area contributed by atoms with Crippen LogP contribution in [-0.4, -0.2) is 28.6 Å². The van der Waals surface area contributed by atoms with E-state index < -0.39 is 0 Å². The van der Waals surface area contributed by atoms with Crippen LogP contribution in [0.15, 0.2) is 12.1 Å². The molecule has 2 atom stereocenters.